The van der Waals surface area contributed by atoms with E-state index in [0.717, 1.165) is 0 Å². The molecule has 0 radical (unpaired) electrons. The van der Waals surface area contributed by atoms with Crippen molar-refractivity contribution in [2.45, 2.75) is 24.9 Å². The number of nitrogens with one attached hydrogen (secondary N) is 1. The van der Waals surface area contributed by atoms with Gasteiger partial charge in [-0.25, -0.2) is 4.79 Å². The number of oxazole rings is 1. The van der Waals surface area contributed by atoms with Gasteiger partial charge in [0.25, 0.3) is 6.01 Å². The fourth-order valence-electron chi connectivity index (χ4n) is 2.76. The zero-order valence-corrected chi connectivity index (χ0v) is 13.2. The molecule has 8 heteroatoms. The van der Waals surface area contributed by atoms with Crippen molar-refractivity contribution in [1.82, 2.24) is 9.88 Å². The van der Waals surface area contributed by atoms with E-state index in [4.69, 9.17) is 4.42 Å². The van der Waals surface area contributed by atoms with Gasteiger partial charge in [-0.15, -0.1) is 0 Å². The van der Waals surface area contributed by atoms with Crippen LogP contribution in [0.15, 0.2) is 28.7 Å². The van der Waals surface area contributed by atoms with Crippen molar-refractivity contribution in [3.05, 3.63) is 24.3 Å². The lowest BCUT2D eigenvalue weighted by molar-refractivity contribution is -0.148. The second-order valence-electron chi connectivity index (χ2n) is 5.39. The molecule has 0 saturated carbocycles. The number of thiol groups is 1. The van der Waals surface area contributed by atoms with Gasteiger partial charge >= 0.3 is 5.97 Å². The average Bonchev–Trinajstić information content (AvgIpc) is 3.17. The molecule has 2 aromatic rings. The lowest BCUT2D eigenvalue weighted by Crippen LogP contribution is -2.48. The van der Waals surface area contributed by atoms with Gasteiger partial charge in [-0.05, 0) is 25.0 Å². The first-order valence-electron chi connectivity index (χ1n) is 7.36. The molecule has 1 aliphatic heterocycles. The van der Waals surface area contributed by atoms with E-state index in [0.29, 0.717) is 30.5 Å². The van der Waals surface area contributed by atoms with Crippen LogP contribution in [-0.4, -0.2) is 51.2 Å². The summed E-state index contributed by atoms with van der Waals surface area (Å²) in [6, 6.07) is 6.04. The summed E-state index contributed by atoms with van der Waals surface area (Å²) >= 11 is 4.20. The molecule has 0 aliphatic carbocycles. The third-order valence-corrected chi connectivity index (χ3v) is 4.26. The zero-order chi connectivity index (χ0) is 16.4. The predicted octanol–water partition coefficient (Wildman–Crippen LogP) is 1.61. The normalized spacial score (nSPS) is 19.0. The fourth-order valence-corrected chi connectivity index (χ4v) is 3.00. The fraction of sp³-hybridized carbons (Fsp3) is 0.400. The van der Waals surface area contributed by atoms with Crippen molar-refractivity contribution in [1.29, 1.82) is 0 Å². The lowest BCUT2D eigenvalue weighted by atomic mass is 10.2. The first kappa shape index (κ1) is 15.7. The summed E-state index contributed by atoms with van der Waals surface area (Å²) in [5.74, 6) is -1.07. The molecule has 2 unspecified atom stereocenters. The topological polar surface area (TPSA) is 95.7 Å². The highest BCUT2D eigenvalue weighted by molar-refractivity contribution is 7.80. The number of anilines is 1. The third kappa shape index (κ3) is 3.12. The Labute approximate surface area is 138 Å². The maximum atomic E-state index is 12.6. The Bertz CT molecular complexity index is 699. The molecule has 122 valence electrons. The van der Waals surface area contributed by atoms with E-state index in [-0.39, 0.29) is 17.7 Å². The van der Waals surface area contributed by atoms with Crippen LogP contribution in [0.25, 0.3) is 11.1 Å². The first-order valence-corrected chi connectivity index (χ1v) is 7.99. The molecule has 0 bridgehead atoms. The van der Waals surface area contributed by atoms with Crippen LogP contribution in [0.4, 0.5) is 6.01 Å². The van der Waals surface area contributed by atoms with Crippen molar-refractivity contribution >= 4 is 41.6 Å². The number of fused-ring (bicyclic) bond motifs is 1. The van der Waals surface area contributed by atoms with Gasteiger partial charge in [0.15, 0.2) is 5.58 Å². The summed E-state index contributed by atoms with van der Waals surface area (Å²) in [5.41, 5.74) is 1.30. The number of carboxylic acid groups (broad SMARTS) is 1. The van der Waals surface area contributed by atoms with Gasteiger partial charge in [0, 0.05) is 12.3 Å². The molecule has 7 nitrogen and oxygen atoms in total. The SMILES string of the molecule is O=C(O)C1CCCN1C(=O)C(CS)Nc1nc2ccccc2o1. The molecular formula is C15H17N3O4S. The second-order valence-corrected chi connectivity index (χ2v) is 5.76. The van der Waals surface area contributed by atoms with E-state index in [2.05, 4.69) is 22.9 Å². The van der Waals surface area contributed by atoms with Crippen LogP contribution in [0.3, 0.4) is 0 Å². The average molecular weight is 335 g/mol. The summed E-state index contributed by atoms with van der Waals surface area (Å²) in [6.45, 7) is 0.440. The summed E-state index contributed by atoms with van der Waals surface area (Å²) in [5, 5.41) is 12.1. The monoisotopic (exact) mass is 335 g/mol. The Balaban J connectivity index is 1.76. The summed E-state index contributed by atoms with van der Waals surface area (Å²) < 4.78 is 5.54. The number of likely N-dealkylation sites (tertiary alicyclic amines) is 1. The van der Waals surface area contributed by atoms with Crippen LogP contribution in [0.1, 0.15) is 12.8 Å². The molecule has 1 aliphatic rings. The highest BCUT2D eigenvalue weighted by atomic mass is 32.1. The molecule has 0 spiro atoms. The Morgan fingerprint density at radius 2 is 2.26 bits per heavy atom. The molecule has 1 saturated heterocycles. The Morgan fingerprint density at radius 1 is 1.48 bits per heavy atom. The number of hydrogen-bond donors (Lipinski definition) is 3. The quantitative estimate of drug-likeness (QED) is 0.719. The minimum atomic E-state index is -0.976. The Kier molecular flexibility index (Phi) is 4.42. The zero-order valence-electron chi connectivity index (χ0n) is 12.3. The standard InChI is InChI=1S/C15H17N3O4S/c19-13(18-7-3-5-11(18)14(20)21)10(8-23)17-15-16-9-4-1-2-6-12(9)22-15/h1-2,4,6,10-11,23H,3,5,7-8H2,(H,16,17)(H,20,21). The van der Waals surface area contributed by atoms with Crippen LogP contribution in [0.2, 0.25) is 0 Å². The molecule has 1 amide bonds. The van der Waals surface area contributed by atoms with Gasteiger partial charge in [0.1, 0.15) is 17.6 Å². The van der Waals surface area contributed by atoms with Crippen LogP contribution >= 0.6 is 12.6 Å². The molecular weight excluding hydrogens is 318 g/mol. The minimum Gasteiger partial charge on any atom is -0.480 e. The summed E-state index contributed by atoms with van der Waals surface area (Å²) in [4.78, 5) is 29.5. The maximum absolute atomic E-state index is 12.6. The van der Waals surface area contributed by atoms with Gasteiger partial charge in [-0.3, -0.25) is 4.79 Å². The van der Waals surface area contributed by atoms with Gasteiger partial charge in [0.05, 0.1) is 0 Å². The molecule has 1 fully saturated rings. The summed E-state index contributed by atoms with van der Waals surface area (Å²) in [7, 11) is 0. The largest absolute Gasteiger partial charge is 0.480 e. The number of carbonyl (C=O) groups is 2. The third-order valence-electron chi connectivity index (χ3n) is 3.89. The first-order chi connectivity index (χ1) is 11.1. The number of rotatable bonds is 5. The molecule has 2 atom stereocenters. The van der Waals surface area contributed by atoms with Crippen molar-refractivity contribution < 1.29 is 19.1 Å². The van der Waals surface area contributed by atoms with E-state index >= 15 is 0 Å². The molecule has 1 aromatic carbocycles. The van der Waals surface area contributed by atoms with Crippen LogP contribution in [0, 0.1) is 0 Å². The van der Waals surface area contributed by atoms with Gasteiger partial charge in [-0.1, -0.05) is 12.1 Å². The van der Waals surface area contributed by atoms with E-state index in [1.165, 1.54) is 4.90 Å². The van der Waals surface area contributed by atoms with E-state index < -0.39 is 18.1 Å². The number of para-hydroxylation sites is 2. The molecule has 2 N–H and O–H groups in total. The lowest BCUT2D eigenvalue weighted by Gasteiger charge is -2.26. The second kappa shape index (κ2) is 6.49. The number of benzene rings is 1. The number of carboxylic acids is 1. The van der Waals surface area contributed by atoms with Gasteiger partial charge in [0.2, 0.25) is 5.91 Å². The number of aromatic nitrogens is 1. The van der Waals surface area contributed by atoms with Crippen molar-refractivity contribution in [2.75, 3.05) is 17.6 Å². The Hall–Kier alpha value is -2.22. The van der Waals surface area contributed by atoms with Crippen molar-refractivity contribution in [3.8, 4) is 0 Å². The van der Waals surface area contributed by atoms with E-state index in [1.807, 2.05) is 18.2 Å². The van der Waals surface area contributed by atoms with Crippen LogP contribution in [-0.2, 0) is 9.59 Å². The van der Waals surface area contributed by atoms with E-state index in [1.54, 1.807) is 6.07 Å². The van der Waals surface area contributed by atoms with E-state index in [9.17, 15) is 14.7 Å². The van der Waals surface area contributed by atoms with Crippen molar-refractivity contribution in [3.63, 3.8) is 0 Å². The number of carbonyl (C=O) groups excluding carboxylic acids is 1. The number of hydrogen-bond acceptors (Lipinski definition) is 6. The van der Waals surface area contributed by atoms with Crippen molar-refractivity contribution in [2.24, 2.45) is 0 Å². The van der Waals surface area contributed by atoms with Crippen LogP contribution in [0.5, 0.6) is 0 Å². The van der Waals surface area contributed by atoms with Gasteiger partial charge in [-0.2, -0.15) is 17.6 Å². The highest BCUT2D eigenvalue weighted by Crippen LogP contribution is 2.22. The van der Waals surface area contributed by atoms with Crippen LogP contribution < -0.4 is 5.32 Å². The maximum Gasteiger partial charge on any atom is 0.326 e. The highest BCUT2D eigenvalue weighted by Gasteiger charge is 2.37. The molecule has 1 aromatic heterocycles. The number of amides is 1. The smallest absolute Gasteiger partial charge is 0.326 e. The molecule has 2 heterocycles. The predicted molar refractivity (Wildman–Crippen MR) is 87.6 cm³/mol. The summed E-state index contributed by atoms with van der Waals surface area (Å²) in [6.07, 6.45) is 1.16. The van der Waals surface area contributed by atoms with Gasteiger partial charge < -0.3 is 19.7 Å². The Morgan fingerprint density at radius 3 is 2.96 bits per heavy atom. The molecule has 3 rings (SSSR count). The molecule has 23 heavy (non-hydrogen) atoms. The minimum absolute atomic E-state index is 0.209. The number of aliphatic carboxylic acids is 1. The number of nitrogens with zero attached hydrogens (tertiary/aromatic N) is 2.